The molecule has 0 aliphatic rings. The number of anilines is 1. The minimum Gasteiger partial charge on any atom is -0.476 e. The second kappa shape index (κ2) is 3.04. The third-order valence-corrected chi connectivity index (χ3v) is 1.70. The molecule has 1 aromatic heterocycles. The van der Waals surface area contributed by atoms with E-state index in [0.717, 1.165) is 0 Å². The lowest BCUT2D eigenvalue weighted by Gasteiger charge is -1.98. The van der Waals surface area contributed by atoms with E-state index < -0.39 is 5.97 Å². The van der Waals surface area contributed by atoms with Gasteiger partial charge in [0, 0.05) is 0 Å². The van der Waals surface area contributed by atoms with Gasteiger partial charge in [0.05, 0.1) is 5.69 Å². The van der Waals surface area contributed by atoms with Gasteiger partial charge in [0.1, 0.15) is 3.70 Å². The van der Waals surface area contributed by atoms with E-state index in [0.29, 0.717) is 3.70 Å². The van der Waals surface area contributed by atoms with Crippen LogP contribution >= 0.6 is 22.6 Å². The standard InChI is InChI=1S/C6H5IN2O2/c7-4-2-1-3(8)5(9-4)6(10)11/h1-2H,8H2,(H,10,11). The molecule has 3 N–H and O–H groups in total. The van der Waals surface area contributed by atoms with Crippen LogP contribution in [-0.4, -0.2) is 16.1 Å². The summed E-state index contributed by atoms with van der Waals surface area (Å²) in [7, 11) is 0. The van der Waals surface area contributed by atoms with E-state index in [9.17, 15) is 4.79 Å². The molecule has 58 valence electrons. The third kappa shape index (κ3) is 1.79. The van der Waals surface area contributed by atoms with Gasteiger partial charge >= 0.3 is 5.97 Å². The maximum absolute atomic E-state index is 10.4. The molecule has 1 heterocycles. The molecule has 0 bridgehead atoms. The highest BCUT2D eigenvalue weighted by molar-refractivity contribution is 14.1. The summed E-state index contributed by atoms with van der Waals surface area (Å²) < 4.78 is 0.620. The lowest BCUT2D eigenvalue weighted by Crippen LogP contribution is -2.05. The van der Waals surface area contributed by atoms with Crippen LogP contribution in [0.1, 0.15) is 10.5 Å². The third-order valence-electron chi connectivity index (χ3n) is 1.10. The summed E-state index contributed by atoms with van der Waals surface area (Å²) in [6, 6.07) is 3.18. The Labute approximate surface area is 76.6 Å². The van der Waals surface area contributed by atoms with Crippen molar-refractivity contribution in [3.63, 3.8) is 0 Å². The number of hydrogen-bond acceptors (Lipinski definition) is 3. The molecular formula is C6H5IN2O2. The predicted octanol–water partition coefficient (Wildman–Crippen LogP) is 0.967. The lowest BCUT2D eigenvalue weighted by atomic mass is 10.3. The van der Waals surface area contributed by atoms with Gasteiger partial charge in [-0.25, -0.2) is 9.78 Å². The first-order valence-electron chi connectivity index (χ1n) is 2.76. The van der Waals surface area contributed by atoms with Crippen molar-refractivity contribution in [2.24, 2.45) is 0 Å². The number of nitrogens with two attached hydrogens (primary N) is 1. The van der Waals surface area contributed by atoms with Crippen molar-refractivity contribution in [2.45, 2.75) is 0 Å². The number of rotatable bonds is 1. The number of aromatic nitrogens is 1. The number of aromatic carboxylic acids is 1. The number of carboxylic acids is 1. The van der Waals surface area contributed by atoms with Crippen molar-refractivity contribution in [1.82, 2.24) is 4.98 Å². The first-order valence-corrected chi connectivity index (χ1v) is 3.84. The SMILES string of the molecule is Nc1ccc(I)nc1C(=O)O. The Hall–Kier alpha value is -0.850. The van der Waals surface area contributed by atoms with Gasteiger partial charge < -0.3 is 10.8 Å². The second-order valence-electron chi connectivity index (χ2n) is 1.88. The molecule has 4 nitrogen and oxygen atoms in total. The fraction of sp³-hybridized carbons (Fsp3) is 0. The van der Waals surface area contributed by atoms with Crippen molar-refractivity contribution in [3.8, 4) is 0 Å². The Balaban J connectivity index is 3.23. The van der Waals surface area contributed by atoms with Crippen molar-refractivity contribution in [1.29, 1.82) is 0 Å². The van der Waals surface area contributed by atoms with E-state index in [1.807, 2.05) is 22.6 Å². The summed E-state index contributed by atoms with van der Waals surface area (Å²) in [5, 5.41) is 8.54. The zero-order chi connectivity index (χ0) is 8.43. The van der Waals surface area contributed by atoms with Crippen LogP contribution in [0.5, 0.6) is 0 Å². The van der Waals surface area contributed by atoms with Crippen LogP contribution in [-0.2, 0) is 0 Å². The number of hydrogen-bond donors (Lipinski definition) is 2. The maximum Gasteiger partial charge on any atom is 0.356 e. The molecule has 5 heteroatoms. The van der Waals surface area contributed by atoms with Crippen molar-refractivity contribution in [3.05, 3.63) is 21.5 Å². The van der Waals surface area contributed by atoms with Crippen molar-refractivity contribution < 1.29 is 9.90 Å². The Kier molecular flexibility index (Phi) is 2.28. The average Bonchev–Trinajstić information content (AvgIpc) is 1.94. The quantitative estimate of drug-likeness (QED) is 0.585. The molecule has 0 aliphatic carbocycles. The van der Waals surface area contributed by atoms with Crippen LogP contribution < -0.4 is 5.73 Å². The Bertz CT molecular complexity index is 301. The molecule has 0 aromatic carbocycles. The highest BCUT2D eigenvalue weighted by atomic mass is 127. The predicted molar refractivity (Wildman–Crippen MR) is 48.3 cm³/mol. The maximum atomic E-state index is 10.4. The summed E-state index contributed by atoms with van der Waals surface area (Å²) in [5.41, 5.74) is 5.45. The molecule has 0 radical (unpaired) electrons. The van der Waals surface area contributed by atoms with E-state index in [1.54, 1.807) is 6.07 Å². The summed E-state index contributed by atoms with van der Waals surface area (Å²) in [5.74, 6) is -1.10. The summed E-state index contributed by atoms with van der Waals surface area (Å²) in [4.78, 5) is 14.2. The summed E-state index contributed by atoms with van der Waals surface area (Å²) in [6.45, 7) is 0. The number of carboxylic acid groups (broad SMARTS) is 1. The van der Waals surface area contributed by atoms with Crippen LogP contribution in [0.3, 0.4) is 0 Å². The molecule has 0 amide bonds. The summed E-state index contributed by atoms with van der Waals surface area (Å²) in [6.07, 6.45) is 0. The highest BCUT2D eigenvalue weighted by Crippen LogP contribution is 2.10. The topological polar surface area (TPSA) is 76.2 Å². The number of pyridine rings is 1. The lowest BCUT2D eigenvalue weighted by molar-refractivity contribution is 0.0691. The molecule has 0 atom stereocenters. The van der Waals surface area contributed by atoms with E-state index >= 15 is 0 Å². The molecule has 0 aliphatic heterocycles. The molecule has 1 rings (SSSR count). The fourth-order valence-corrected chi connectivity index (χ4v) is 1.04. The van der Waals surface area contributed by atoms with Crippen LogP contribution in [0.15, 0.2) is 12.1 Å². The molecule has 0 spiro atoms. The van der Waals surface area contributed by atoms with Gasteiger partial charge in [-0.2, -0.15) is 0 Å². The first-order chi connectivity index (χ1) is 5.11. The minimum absolute atomic E-state index is 0.0862. The second-order valence-corrected chi connectivity index (χ2v) is 2.98. The van der Waals surface area contributed by atoms with Gasteiger partial charge in [-0.05, 0) is 34.7 Å². The molecule has 11 heavy (non-hydrogen) atoms. The van der Waals surface area contributed by atoms with Gasteiger partial charge in [0.25, 0.3) is 0 Å². The number of nitrogens with zero attached hydrogens (tertiary/aromatic N) is 1. The molecular weight excluding hydrogens is 259 g/mol. The normalized spacial score (nSPS) is 9.55. The van der Waals surface area contributed by atoms with Crippen molar-refractivity contribution >= 4 is 34.2 Å². The van der Waals surface area contributed by atoms with E-state index in [2.05, 4.69) is 4.98 Å². The number of nitrogen functional groups attached to an aromatic ring is 1. The summed E-state index contributed by atoms with van der Waals surface area (Å²) >= 11 is 1.93. The Morgan fingerprint density at radius 3 is 2.73 bits per heavy atom. The largest absolute Gasteiger partial charge is 0.476 e. The van der Waals surface area contributed by atoms with Crippen LogP contribution in [0.25, 0.3) is 0 Å². The van der Waals surface area contributed by atoms with Crippen molar-refractivity contribution in [2.75, 3.05) is 5.73 Å². The van der Waals surface area contributed by atoms with E-state index in [1.165, 1.54) is 6.07 Å². The van der Waals surface area contributed by atoms with Gasteiger partial charge in [0.2, 0.25) is 0 Å². The molecule has 0 unspecified atom stereocenters. The Morgan fingerprint density at radius 2 is 2.27 bits per heavy atom. The van der Waals surface area contributed by atoms with E-state index in [-0.39, 0.29) is 11.4 Å². The smallest absolute Gasteiger partial charge is 0.356 e. The average molecular weight is 264 g/mol. The zero-order valence-corrected chi connectivity index (χ0v) is 7.57. The molecule has 0 fully saturated rings. The van der Waals surface area contributed by atoms with Crippen LogP contribution in [0.2, 0.25) is 0 Å². The molecule has 0 saturated heterocycles. The van der Waals surface area contributed by atoms with Gasteiger partial charge in [-0.15, -0.1) is 0 Å². The van der Waals surface area contributed by atoms with Gasteiger partial charge in [0.15, 0.2) is 5.69 Å². The highest BCUT2D eigenvalue weighted by Gasteiger charge is 2.08. The first kappa shape index (κ1) is 8.25. The molecule has 0 saturated carbocycles. The Morgan fingerprint density at radius 1 is 1.64 bits per heavy atom. The van der Waals surface area contributed by atoms with Gasteiger partial charge in [-0.1, -0.05) is 0 Å². The number of carbonyl (C=O) groups is 1. The van der Waals surface area contributed by atoms with Crippen LogP contribution in [0, 0.1) is 3.70 Å². The molecule has 1 aromatic rings. The minimum atomic E-state index is -1.10. The zero-order valence-electron chi connectivity index (χ0n) is 5.41. The number of halogens is 1. The van der Waals surface area contributed by atoms with E-state index in [4.69, 9.17) is 10.8 Å². The van der Waals surface area contributed by atoms with Gasteiger partial charge in [-0.3, -0.25) is 0 Å². The monoisotopic (exact) mass is 264 g/mol. The van der Waals surface area contributed by atoms with Crippen LogP contribution in [0.4, 0.5) is 5.69 Å². The fourth-order valence-electron chi connectivity index (χ4n) is 0.617.